The van der Waals surface area contributed by atoms with E-state index in [1.807, 2.05) is 12.1 Å². The van der Waals surface area contributed by atoms with Gasteiger partial charge in [-0.1, -0.05) is 53.5 Å². The third-order valence-corrected chi connectivity index (χ3v) is 4.99. The van der Waals surface area contributed by atoms with Crippen molar-refractivity contribution in [2.45, 2.75) is 4.90 Å². The van der Waals surface area contributed by atoms with Gasteiger partial charge in [-0.3, -0.25) is 0 Å². The molecule has 0 aromatic heterocycles. The van der Waals surface area contributed by atoms with E-state index in [-0.39, 0.29) is 4.90 Å². The van der Waals surface area contributed by atoms with Crippen molar-refractivity contribution in [3.63, 3.8) is 0 Å². The monoisotopic (exact) mass is 409 g/mol. The second-order valence-corrected chi connectivity index (χ2v) is 7.71. The van der Waals surface area contributed by atoms with Gasteiger partial charge in [0.05, 0.1) is 26.3 Å². The van der Waals surface area contributed by atoms with Crippen LogP contribution in [0.3, 0.4) is 0 Å². The largest absolute Gasteiger partial charge is 0.398 e. The number of hydrogen-bond acceptors (Lipinski definition) is 4. The fraction of sp³-hybridized carbons (Fsp3) is 0. The number of nitrogen functional groups attached to an aromatic ring is 2. The lowest BCUT2D eigenvalue weighted by Crippen LogP contribution is -2.11. The summed E-state index contributed by atoms with van der Waals surface area (Å²) in [7, 11) is -3.50. The number of rotatable bonds is 2. The smallest absolute Gasteiger partial charge is 0.238 e. The Morgan fingerprint density at radius 1 is 0.692 bits per heavy atom. The Kier molecular flexibility index (Phi) is 6.50. The molecule has 0 aliphatic carbocycles. The molecule has 3 aromatic rings. The summed E-state index contributed by atoms with van der Waals surface area (Å²) >= 11 is 11.9. The molecule has 3 rings (SSSR count). The Morgan fingerprint density at radius 3 is 1.42 bits per heavy atom. The molecule has 0 aliphatic rings. The molecule has 0 spiro atoms. The molecule has 136 valence electrons. The minimum atomic E-state index is -3.50. The summed E-state index contributed by atoms with van der Waals surface area (Å²) in [5.41, 5.74) is 14.3. The average molecular weight is 410 g/mol. The molecule has 0 amide bonds. The standard InChI is InChI=1S/C12H10Cl2N2.C6H7NO2S/c13-9-5-7(1-3-11(9)15)8-2-4-12(16)10(14)6-8;7-10(8,9)6-4-2-1-3-5-6/h1-6H,15-16H2;1-5H,(H2,7,8,9). The van der Waals surface area contributed by atoms with Gasteiger partial charge in [-0.05, 0) is 47.5 Å². The first-order valence-electron chi connectivity index (χ1n) is 7.37. The Bertz CT molecular complexity index is 961. The van der Waals surface area contributed by atoms with Crippen LogP contribution in [0, 0.1) is 0 Å². The summed E-state index contributed by atoms with van der Waals surface area (Å²) in [5, 5.41) is 5.89. The summed E-state index contributed by atoms with van der Waals surface area (Å²) in [6.45, 7) is 0. The topological polar surface area (TPSA) is 112 Å². The maximum absolute atomic E-state index is 10.6. The minimum absolute atomic E-state index is 0.148. The number of halogens is 2. The molecule has 5 nitrogen and oxygen atoms in total. The summed E-state index contributed by atoms with van der Waals surface area (Å²) in [6, 6.07) is 18.8. The van der Waals surface area contributed by atoms with Gasteiger partial charge in [-0.2, -0.15) is 0 Å². The first-order chi connectivity index (χ1) is 12.2. The number of anilines is 2. The fourth-order valence-electron chi connectivity index (χ4n) is 2.02. The summed E-state index contributed by atoms with van der Waals surface area (Å²) in [5.74, 6) is 0. The van der Waals surface area contributed by atoms with Gasteiger partial charge in [-0.15, -0.1) is 0 Å². The molecule has 8 heteroatoms. The lowest BCUT2D eigenvalue weighted by molar-refractivity contribution is 0.598. The van der Waals surface area contributed by atoms with Crippen LogP contribution in [-0.2, 0) is 10.0 Å². The van der Waals surface area contributed by atoms with E-state index in [9.17, 15) is 8.42 Å². The molecule has 3 aromatic carbocycles. The Labute approximate surface area is 162 Å². The van der Waals surface area contributed by atoms with Gasteiger partial charge in [0.25, 0.3) is 0 Å². The molecule has 0 unspecified atom stereocenters. The highest BCUT2D eigenvalue weighted by molar-refractivity contribution is 7.89. The Morgan fingerprint density at radius 2 is 1.12 bits per heavy atom. The van der Waals surface area contributed by atoms with Crippen molar-refractivity contribution in [1.29, 1.82) is 0 Å². The zero-order valence-electron chi connectivity index (χ0n) is 13.6. The molecule has 0 radical (unpaired) electrons. The number of sulfonamides is 1. The van der Waals surface area contributed by atoms with E-state index in [1.165, 1.54) is 12.1 Å². The van der Waals surface area contributed by atoms with E-state index in [0.29, 0.717) is 21.4 Å². The van der Waals surface area contributed by atoms with Crippen LogP contribution < -0.4 is 16.6 Å². The second kappa shape index (κ2) is 8.42. The van der Waals surface area contributed by atoms with Crippen LogP contribution in [0.25, 0.3) is 11.1 Å². The van der Waals surface area contributed by atoms with E-state index in [1.54, 1.807) is 42.5 Å². The highest BCUT2D eigenvalue weighted by Crippen LogP contribution is 2.30. The van der Waals surface area contributed by atoms with Crippen molar-refractivity contribution >= 4 is 44.6 Å². The predicted octanol–water partition coefficient (Wildman–Crippen LogP) is 4.16. The molecule has 0 fully saturated rings. The SMILES string of the molecule is NS(=O)(=O)c1ccccc1.Nc1ccc(-c2ccc(N)c(Cl)c2)cc1Cl. The predicted molar refractivity (Wildman–Crippen MR) is 109 cm³/mol. The van der Waals surface area contributed by atoms with Gasteiger partial charge in [-0.25, -0.2) is 13.6 Å². The van der Waals surface area contributed by atoms with E-state index in [4.69, 9.17) is 39.8 Å². The Balaban J connectivity index is 0.000000209. The fourth-order valence-corrected chi connectivity index (χ4v) is 2.92. The van der Waals surface area contributed by atoms with Crippen molar-refractivity contribution in [3.8, 4) is 11.1 Å². The maximum Gasteiger partial charge on any atom is 0.238 e. The van der Waals surface area contributed by atoms with Crippen LogP contribution in [-0.4, -0.2) is 8.42 Å². The molecule has 0 saturated carbocycles. The van der Waals surface area contributed by atoms with Crippen molar-refractivity contribution in [2.24, 2.45) is 5.14 Å². The molecule has 0 saturated heterocycles. The summed E-state index contributed by atoms with van der Waals surface area (Å²) in [4.78, 5) is 0.148. The van der Waals surface area contributed by atoms with Gasteiger partial charge >= 0.3 is 0 Å². The van der Waals surface area contributed by atoms with Crippen LogP contribution in [0.1, 0.15) is 0 Å². The molecule has 26 heavy (non-hydrogen) atoms. The van der Waals surface area contributed by atoms with Crippen LogP contribution >= 0.6 is 23.2 Å². The molecule has 0 heterocycles. The number of hydrogen-bond donors (Lipinski definition) is 3. The van der Waals surface area contributed by atoms with E-state index >= 15 is 0 Å². The lowest BCUT2D eigenvalue weighted by atomic mass is 10.1. The highest BCUT2D eigenvalue weighted by atomic mass is 35.5. The molecular formula is C18H17Cl2N3O2S. The maximum atomic E-state index is 10.6. The van der Waals surface area contributed by atoms with Gasteiger partial charge in [0.2, 0.25) is 10.0 Å². The van der Waals surface area contributed by atoms with Crippen LogP contribution in [0.2, 0.25) is 10.0 Å². The molecule has 0 atom stereocenters. The van der Waals surface area contributed by atoms with Gasteiger partial charge in [0, 0.05) is 0 Å². The van der Waals surface area contributed by atoms with Crippen LogP contribution in [0.4, 0.5) is 11.4 Å². The van der Waals surface area contributed by atoms with E-state index in [0.717, 1.165) is 11.1 Å². The zero-order valence-corrected chi connectivity index (χ0v) is 15.9. The zero-order chi connectivity index (χ0) is 19.3. The first kappa shape index (κ1) is 20.1. The highest BCUT2D eigenvalue weighted by Gasteiger charge is 2.04. The lowest BCUT2D eigenvalue weighted by Gasteiger charge is -2.06. The van der Waals surface area contributed by atoms with Crippen LogP contribution in [0.5, 0.6) is 0 Å². The Hall–Kier alpha value is -2.25. The van der Waals surface area contributed by atoms with Gasteiger partial charge < -0.3 is 11.5 Å². The molecule has 0 bridgehead atoms. The van der Waals surface area contributed by atoms with Crippen LogP contribution in [0.15, 0.2) is 71.6 Å². The normalized spacial score (nSPS) is 10.7. The summed E-state index contributed by atoms with van der Waals surface area (Å²) < 4.78 is 21.2. The third kappa shape index (κ3) is 5.37. The van der Waals surface area contributed by atoms with Gasteiger partial charge in [0.1, 0.15) is 0 Å². The third-order valence-electron chi connectivity index (χ3n) is 3.41. The van der Waals surface area contributed by atoms with Crippen molar-refractivity contribution in [3.05, 3.63) is 76.8 Å². The first-order valence-corrected chi connectivity index (χ1v) is 9.67. The minimum Gasteiger partial charge on any atom is -0.398 e. The van der Waals surface area contributed by atoms with E-state index in [2.05, 4.69) is 0 Å². The van der Waals surface area contributed by atoms with Crippen molar-refractivity contribution in [1.82, 2.24) is 0 Å². The number of nitrogens with two attached hydrogens (primary N) is 3. The molecular weight excluding hydrogens is 393 g/mol. The van der Waals surface area contributed by atoms with E-state index < -0.39 is 10.0 Å². The quantitative estimate of drug-likeness (QED) is 0.551. The average Bonchev–Trinajstić information content (AvgIpc) is 2.60. The number of primary sulfonamides is 1. The van der Waals surface area contributed by atoms with Crippen molar-refractivity contribution in [2.75, 3.05) is 11.5 Å². The molecule has 0 aliphatic heterocycles. The molecule has 6 N–H and O–H groups in total. The summed E-state index contributed by atoms with van der Waals surface area (Å²) in [6.07, 6.45) is 0. The number of benzene rings is 3. The van der Waals surface area contributed by atoms with Crippen molar-refractivity contribution < 1.29 is 8.42 Å². The second-order valence-electron chi connectivity index (χ2n) is 5.33. The van der Waals surface area contributed by atoms with Gasteiger partial charge in [0.15, 0.2) is 0 Å².